The maximum atomic E-state index is 5.75. The summed E-state index contributed by atoms with van der Waals surface area (Å²) in [7, 11) is 0. The average molecular weight is 235 g/mol. The van der Waals surface area contributed by atoms with E-state index >= 15 is 0 Å². The lowest BCUT2D eigenvalue weighted by Gasteiger charge is -2.20. The smallest absolute Gasteiger partial charge is 0.142 e. The summed E-state index contributed by atoms with van der Waals surface area (Å²) in [5, 5.41) is 3.58. The minimum Gasteiger partial charge on any atom is -0.491 e. The average Bonchev–Trinajstić information content (AvgIpc) is 2.37. The van der Waals surface area contributed by atoms with Crippen molar-refractivity contribution < 1.29 is 4.74 Å². The zero-order valence-corrected chi connectivity index (χ0v) is 11.3. The van der Waals surface area contributed by atoms with Gasteiger partial charge in [0.05, 0.1) is 12.3 Å². The molecule has 1 aromatic rings. The fourth-order valence-electron chi connectivity index (χ4n) is 1.87. The Morgan fingerprint density at radius 1 is 1.12 bits per heavy atom. The maximum Gasteiger partial charge on any atom is 0.142 e. The van der Waals surface area contributed by atoms with Crippen LogP contribution in [0, 0.1) is 0 Å². The van der Waals surface area contributed by atoms with Crippen LogP contribution in [0.2, 0.25) is 0 Å². The number of para-hydroxylation sites is 2. The molecule has 0 aliphatic carbocycles. The van der Waals surface area contributed by atoms with Gasteiger partial charge in [0.15, 0.2) is 0 Å². The predicted octanol–water partition coefficient (Wildman–Crippen LogP) is 4.47. The van der Waals surface area contributed by atoms with Crippen molar-refractivity contribution in [3.63, 3.8) is 0 Å². The van der Waals surface area contributed by atoms with E-state index in [1.165, 1.54) is 12.8 Å². The van der Waals surface area contributed by atoms with Gasteiger partial charge < -0.3 is 10.1 Å². The molecule has 1 N–H and O–H groups in total. The van der Waals surface area contributed by atoms with Crippen molar-refractivity contribution in [1.82, 2.24) is 0 Å². The van der Waals surface area contributed by atoms with E-state index < -0.39 is 0 Å². The lowest BCUT2D eigenvalue weighted by molar-refractivity contribution is 0.318. The van der Waals surface area contributed by atoms with Crippen LogP contribution >= 0.6 is 0 Å². The molecule has 17 heavy (non-hydrogen) atoms. The molecular formula is C15H25NO. The molecule has 2 heteroatoms. The predicted molar refractivity (Wildman–Crippen MR) is 74.8 cm³/mol. The molecule has 0 aliphatic heterocycles. The van der Waals surface area contributed by atoms with Gasteiger partial charge >= 0.3 is 0 Å². The Hall–Kier alpha value is -1.18. The van der Waals surface area contributed by atoms with Crippen molar-refractivity contribution in [3.05, 3.63) is 24.3 Å². The van der Waals surface area contributed by atoms with Crippen molar-refractivity contribution in [3.8, 4) is 5.75 Å². The molecular weight excluding hydrogens is 210 g/mol. The number of anilines is 1. The first-order valence-corrected chi connectivity index (χ1v) is 6.80. The van der Waals surface area contributed by atoms with Crippen molar-refractivity contribution in [2.45, 2.75) is 52.5 Å². The van der Waals surface area contributed by atoms with E-state index in [0.29, 0.717) is 6.04 Å². The molecule has 0 bridgehead atoms. The molecule has 2 nitrogen and oxygen atoms in total. The standard InChI is InChI=1S/C15H25NO/c1-4-9-13(6-3)16-14-10-7-8-11-15(14)17-12-5-2/h7-8,10-11,13,16H,4-6,9,12H2,1-3H3. The second-order valence-electron chi connectivity index (χ2n) is 4.38. The second kappa shape index (κ2) is 7.99. The van der Waals surface area contributed by atoms with E-state index in [-0.39, 0.29) is 0 Å². The Labute approximate surface area is 105 Å². The number of rotatable bonds is 8. The van der Waals surface area contributed by atoms with Gasteiger partial charge in [-0.25, -0.2) is 0 Å². The number of ether oxygens (including phenoxy) is 1. The van der Waals surface area contributed by atoms with Crippen LogP contribution in [0.15, 0.2) is 24.3 Å². The number of benzene rings is 1. The first-order valence-electron chi connectivity index (χ1n) is 6.80. The summed E-state index contributed by atoms with van der Waals surface area (Å²) in [6, 6.07) is 8.77. The van der Waals surface area contributed by atoms with Gasteiger partial charge in [-0.3, -0.25) is 0 Å². The fraction of sp³-hybridized carbons (Fsp3) is 0.600. The fourth-order valence-corrected chi connectivity index (χ4v) is 1.87. The summed E-state index contributed by atoms with van der Waals surface area (Å²) >= 11 is 0. The van der Waals surface area contributed by atoms with Crippen LogP contribution in [0.5, 0.6) is 5.75 Å². The van der Waals surface area contributed by atoms with Gasteiger partial charge in [0.25, 0.3) is 0 Å². The molecule has 0 radical (unpaired) electrons. The van der Waals surface area contributed by atoms with Gasteiger partial charge in [0.1, 0.15) is 5.75 Å². The van der Waals surface area contributed by atoms with E-state index in [4.69, 9.17) is 4.74 Å². The van der Waals surface area contributed by atoms with Crippen LogP contribution in [0.1, 0.15) is 46.5 Å². The van der Waals surface area contributed by atoms with Crippen LogP contribution in [-0.4, -0.2) is 12.6 Å². The van der Waals surface area contributed by atoms with Gasteiger partial charge in [-0.1, -0.05) is 39.3 Å². The lowest BCUT2D eigenvalue weighted by atomic mass is 10.1. The first-order chi connectivity index (χ1) is 8.31. The molecule has 0 fully saturated rings. The third-order valence-electron chi connectivity index (χ3n) is 2.84. The molecule has 0 aromatic heterocycles. The van der Waals surface area contributed by atoms with Crippen LogP contribution in [0.4, 0.5) is 5.69 Å². The van der Waals surface area contributed by atoms with Crippen molar-refractivity contribution in [1.29, 1.82) is 0 Å². The highest BCUT2D eigenvalue weighted by Gasteiger charge is 2.08. The summed E-state index contributed by atoms with van der Waals surface area (Å²) in [6.45, 7) is 7.36. The molecule has 1 rings (SSSR count). The minimum atomic E-state index is 0.548. The zero-order valence-electron chi connectivity index (χ0n) is 11.3. The van der Waals surface area contributed by atoms with E-state index in [1.807, 2.05) is 12.1 Å². The van der Waals surface area contributed by atoms with Crippen molar-refractivity contribution in [2.75, 3.05) is 11.9 Å². The van der Waals surface area contributed by atoms with Crippen LogP contribution in [0.25, 0.3) is 0 Å². The third-order valence-corrected chi connectivity index (χ3v) is 2.84. The SMILES string of the molecule is CCCOc1ccccc1NC(CC)CCC. The zero-order chi connectivity index (χ0) is 12.5. The van der Waals surface area contributed by atoms with E-state index in [9.17, 15) is 0 Å². The molecule has 0 saturated heterocycles. The maximum absolute atomic E-state index is 5.75. The molecule has 0 heterocycles. The van der Waals surface area contributed by atoms with E-state index in [2.05, 4.69) is 38.2 Å². The highest BCUT2D eigenvalue weighted by Crippen LogP contribution is 2.25. The quantitative estimate of drug-likeness (QED) is 0.718. The first kappa shape index (κ1) is 13.9. The van der Waals surface area contributed by atoms with Gasteiger partial charge in [0.2, 0.25) is 0 Å². The summed E-state index contributed by atoms with van der Waals surface area (Å²) in [4.78, 5) is 0. The molecule has 0 aliphatic rings. The van der Waals surface area contributed by atoms with Crippen molar-refractivity contribution in [2.24, 2.45) is 0 Å². The molecule has 1 aromatic carbocycles. The number of hydrogen-bond acceptors (Lipinski definition) is 2. The second-order valence-corrected chi connectivity index (χ2v) is 4.38. The summed E-state index contributed by atoms with van der Waals surface area (Å²) in [5.41, 5.74) is 1.13. The Morgan fingerprint density at radius 3 is 2.53 bits per heavy atom. The van der Waals surface area contributed by atoms with E-state index in [0.717, 1.165) is 30.9 Å². The topological polar surface area (TPSA) is 21.3 Å². The highest BCUT2D eigenvalue weighted by molar-refractivity contribution is 5.56. The van der Waals surface area contributed by atoms with Crippen LogP contribution in [0.3, 0.4) is 0 Å². The number of hydrogen-bond donors (Lipinski definition) is 1. The Morgan fingerprint density at radius 2 is 1.88 bits per heavy atom. The molecule has 1 atom stereocenters. The number of nitrogens with one attached hydrogen (secondary N) is 1. The molecule has 1 unspecified atom stereocenters. The normalized spacial score (nSPS) is 12.2. The third kappa shape index (κ3) is 4.68. The largest absolute Gasteiger partial charge is 0.491 e. The highest BCUT2D eigenvalue weighted by atomic mass is 16.5. The monoisotopic (exact) mass is 235 g/mol. The molecule has 0 amide bonds. The Bertz CT molecular complexity index is 312. The van der Waals surface area contributed by atoms with Gasteiger partial charge in [-0.05, 0) is 31.4 Å². The Kier molecular flexibility index (Phi) is 6.53. The van der Waals surface area contributed by atoms with E-state index in [1.54, 1.807) is 0 Å². The summed E-state index contributed by atoms with van der Waals surface area (Å²) < 4.78 is 5.75. The summed E-state index contributed by atoms with van der Waals surface area (Å²) in [5.74, 6) is 0.976. The molecule has 0 saturated carbocycles. The van der Waals surface area contributed by atoms with Gasteiger partial charge in [-0.2, -0.15) is 0 Å². The molecule has 0 spiro atoms. The van der Waals surface area contributed by atoms with Crippen LogP contribution in [-0.2, 0) is 0 Å². The van der Waals surface area contributed by atoms with Gasteiger partial charge in [-0.15, -0.1) is 0 Å². The van der Waals surface area contributed by atoms with Crippen LogP contribution < -0.4 is 10.1 Å². The molecule has 96 valence electrons. The summed E-state index contributed by atoms with van der Waals surface area (Å²) in [6.07, 6.45) is 4.61. The lowest BCUT2D eigenvalue weighted by Crippen LogP contribution is -2.18. The van der Waals surface area contributed by atoms with Crippen molar-refractivity contribution >= 4 is 5.69 Å². The van der Waals surface area contributed by atoms with Gasteiger partial charge in [0, 0.05) is 6.04 Å². The minimum absolute atomic E-state index is 0.548. The Balaban J connectivity index is 2.67.